The van der Waals surface area contributed by atoms with Crippen LogP contribution in [0.2, 0.25) is 0 Å². The number of ether oxygens (including phenoxy) is 1. The summed E-state index contributed by atoms with van der Waals surface area (Å²) in [5.41, 5.74) is 0.344. The van der Waals surface area contributed by atoms with Crippen LogP contribution in [0.4, 0.5) is 5.69 Å². The monoisotopic (exact) mass is 283 g/mol. The average molecular weight is 283 g/mol. The highest BCUT2D eigenvalue weighted by Crippen LogP contribution is 2.33. The van der Waals surface area contributed by atoms with Gasteiger partial charge in [0.1, 0.15) is 0 Å². The molecule has 0 bridgehead atoms. The van der Waals surface area contributed by atoms with Crippen LogP contribution < -0.4 is 5.32 Å². The molecular weight excluding hydrogens is 262 g/mol. The molecule has 5 heteroatoms. The first kappa shape index (κ1) is 14.3. The second kappa shape index (κ2) is 6.39. The molecule has 0 unspecified atom stereocenters. The molecule has 4 nitrogen and oxygen atoms in total. The van der Waals surface area contributed by atoms with Crippen LogP contribution in [-0.4, -0.2) is 29.8 Å². The Morgan fingerprint density at radius 1 is 1.58 bits per heavy atom. The lowest BCUT2D eigenvalue weighted by atomic mass is 9.79. The first-order valence-electron chi connectivity index (χ1n) is 6.78. The van der Waals surface area contributed by atoms with E-state index in [-0.39, 0.29) is 11.9 Å². The number of carbonyl (C=O) groups excluding carboxylic acids is 1. The molecule has 0 amide bonds. The summed E-state index contributed by atoms with van der Waals surface area (Å²) in [5.74, 6) is -0.156. The van der Waals surface area contributed by atoms with E-state index in [1.54, 1.807) is 11.3 Å². The summed E-state index contributed by atoms with van der Waals surface area (Å²) >= 11 is 1.63. The molecule has 106 valence electrons. The molecule has 1 aliphatic carbocycles. The van der Waals surface area contributed by atoms with Crippen LogP contribution in [-0.2, 0) is 9.53 Å². The van der Waals surface area contributed by atoms with Crippen molar-refractivity contribution in [2.45, 2.75) is 38.2 Å². The molecule has 0 aliphatic heterocycles. The second-order valence-electron chi connectivity index (χ2n) is 5.12. The van der Waals surface area contributed by atoms with Crippen LogP contribution in [0, 0.1) is 5.92 Å². The molecule has 1 aromatic rings. The number of aliphatic hydroxyl groups is 1. The first-order chi connectivity index (χ1) is 9.13. The third-order valence-corrected chi connectivity index (χ3v) is 4.36. The van der Waals surface area contributed by atoms with Crippen molar-refractivity contribution in [3.8, 4) is 0 Å². The predicted octanol–water partition coefficient (Wildman–Crippen LogP) is 2.64. The summed E-state index contributed by atoms with van der Waals surface area (Å²) in [6.45, 7) is 2.79. The molecule has 2 N–H and O–H groups in total. The highest BCUT2D eigenvalue weighted by Gasteiger charge is 2.36. The van der Waals surface area contributed by atoms with Crippen LogP contribution in [0.3, 0.4) is 0 Å². The molecule has 0 saturated heterocycles. The third kappa shape index (κ3) is 3.94. The van der Waals surface area contributed by atoms with E-state index in [2.05, 4.69) is 5.32 Å². The molecule has 1 heterocycles. The Hall–Kier alpha value is -1.07. The van der Waals surface area contributed by atoms with Gasteiger partial charge < -0.3 is 15.2 Å². The maximum Gasteiger partial charge on any atom is 0.308 e. The van der Waals surface area contributed by atoms with Crippen molar-refractivity contribution in [1.82, 2.24) is 0 Å². The molecule has 0 radical (unpaired) electrons. The molecule has 1 aliphatic rings. The number of nitrogens with one attached hydrogen (secondary N) is 1. The van der Waals surface area contributed by atoms with Gasteiger partial charge in [0.05, 0.1) is 18.1 Å². The van der Waals surface area contributed by atoms with Crippen LogP contribution in [0.5, 0.6) is 0 Å². The van der Waals surface area contributed by atoms with Crippen molar-refractivity contribution in [3.63, 3.8) is 0 Å². The fourth-order valence-corrected chi connectivity index (χ4v) is 3.07. The highest BCUT2D eigenvalue weighted by atomic mass is 32.1. The molecule has 2 rings (SSSR count). The Morgan fingerprint density at radius 2 is 2.32 bits per heavy atom. The fraction of sp³-hybridized carbons (Fsp3) is 0.643. The molecule has 1 fully saturated rings. The highest BCUT2D eigenvalue weighted by molar-refractivity contribution is 7.08. The van der Waals surface area contributed by atoms with Gasteiger partial charge in [-0.05, 0) is 44.1 Å². The largest absolute Gasteiger partial charge is 0.466 e. The summed E-state index contributed by atoms with van der Waals surface area (Å²) < 4.78 is 5.03. The summed E-state index contributed by atoms with van der Waals surface area (Å²) in [6.07, 6.45) is 2.71. The van der Waals surface area contributed by atoms with Crippen molar-refractivity contribution in [1.29, 1.82) is 0 Å². The second-order valence-corrected chi connectivity index (χ2v) is 5.90. The fourth-order valence-electron chi connectivity index (χ4n) is 2.46. The van der Waals surface area contributed by atoms with Gasteiger partial charge >= 0.3 is 5.97 Å². The van der Waals surface area contributed by atoms with E-state index in [4.69, 9.17) is 4.74 Å². The molecule has 0 spiro atoms. The van der Waals surface area contributed by atoms with E-state index in [0.717, 1.165) is 5.69 Å². The van der Waals surface area contributed by atoms with Crippen LogP contribution >= 0.6 is 11.3 Å². The molecular formula is C14H21NO3S. The van der Waals surface area contributed by atoms with Gasteiger partial charge in [-0.3, -0.25) is 4.79 Å². The topological polar surface area (TPSA) is 58.6 Å². The van der Waals surface area contributed by atoms with Crippen molar-refractivity contribution in [3.05, 3.63) is 16.8 Å². The summed E-state index contributed by atoms with van der Waals surface area (Å²) in [5, 5.41) is 17.8. The lowest BCUT2D eigenvalue weighted by Crippen LogP contribution is -2.42. The molecule has 1 aromatic heterocycles. The molecule has 19 heavy (non-hydrogen) atoms. The van der Waals surface area contributed by atoms with Crippen molar-refractivity contribution >= 4 is 23.0 Å². The van der Waals surface area contributed by atoms with Gasteiger partial charge in [-0.1, -0.05) is 0 Å². The number of anilines is 1. The van der Waals surface area contributed by atoms with Gasteiger partial charge in [0, 0.05) is 17.6 Å². The number of carbonyl (C=O) groups is 1. The quantitative estimate of drug-likeness (QED) is 0.816. The zero-order valence-corrected chi connectivity index (χ0v) is 12.0. The van der Waals surface area contributed by atoms with E-state index >= 15 is 0 Å². The number of rotatable bonds is 5. The summed E-state index contributed by atoms with van der Waals surface area (Å²) in [4.78, 5) is 11.6. The Balaban J connectivity index is 1.79. The predicted molar refractivity (Wildman–Crippen MR) is 76.3 cm³/mol. The van der Waals surface area contributed by atoms with Crippen LogP contribution in [0.25, 0.3) is 0 Å². The maximum absolute atomic E-state index is 11.6. The van der Waals surface area contributed by atoms with Gasteiger partial charge in [-0.2, -0.15) is 11.3 Å². The maximum atomic E-state index is 11.6. The molecule has 0 aromatic carbocycles. The average Bonchev–Trinajstić information content (AvgIpc) is 2.91. The SMILES string of the molecule is CCOC(=O)C1CCC(O)(CNc2ccsc2)CC1. The van der Waals surface area contributed by atoms with E-state index in [1.807, 2.05) is 23.8 Å². The number of hydrogen-bond acceptors (Lipinski definition) is 5. The van der Waals surface area contributed by atoms with Gasteiger partial charge in [-0.25, -0.2) is 0 Å². The van der Waals surface area contributed by atoms with Crippen LogP contribution in [0.15, 0.2) is 16.8 Å². The third-order valence-electron chi connectivity index (χ3n) is 3.68. The van der Waals surface area contributed by atoms with E-state index in [1.165, 1.54) is 0 Å². The van der Waals surface area contributed by atoms with Crippen molar-refractivity contribution in [2.75, 3.05) is 18.5 Å². The summed E-state index contributed by atoms with van der Waals surface area (Å²) in [6, 6.07) is 2.00. The smallest absolute Gasteiger partial charge is 0.308 e. The van der Waals surface area contributed by atoms with Gasteiger partial charge in [-0.15, -0.1) is 0 Å². The van der Waals surface area contributed by atoms with Crippen molar-refractivity contribution in [2.24, 2.45) is 5.92 Å². The number of thiophene rings is 1. The lowest BCUT2D eigenvalue weighted by molar-refractivity contribution is -0.150. The Kier molecular flexibility index (Phi) is 4.82. The van der Waals surface area contributed by atoms with Gasteiger partial charge in [0.2, 0.25) is 0 Å². The Morgan fingerprint density at radius 3 is 2.89 bits per heavy atom. The zero-order chi connectivity index (χ0) is 13.7. The van der Waals surface area contributed by atoms with Gasteiger partial charge in [0.25, 0.3) is 0 Å². The van der Waals surface area contributed by atoms with Crippen LogP contribution in [0.1, 0.15) is 32.6 Å². The Labute approximate surface area is 117 Å². The minimum Gasteiger partial charge on any atom is -0.466 e. The minimum atomic E-state index is -0.703. The zero-order valence-electron chi connectivity index (χ0n) is 11.2. The van der Waals surface area contributed by atoms with Gasteiger partial charge in [0.15, 0.2) is 0 Å². The minimum absolute atomic E-state index is 0.0404. The standard InChI is InChI=1S/C14H21NO3S/c1-2-18-13(16)11-3-6-14(17,7-4-11)10-15-12-5-8-19-9-12/h5,8-9,11,15,17H,2-4,6-7,10H2,1H3. The molecule has 0 atom stereocenters. The number of hydrogen-bond donors (Lipinski definition) is 2. The van der Waals surface area contributed by atoms with E-state index < -0.39 is 5.60 Å². The molecule has 1 saturated carbocycles. The Bertz CT molecular complexity index is 397. The van der Waals surface area contributed by atoms with Crippen molar-refractivity contribution < 1.29 is 14.6 Å². The van der Waals surface area contributed by atoms with E-state index in [0.29, 0.717) is 38.8 Å². The number of esters is 1. The first-order valence-corrected chi connectivity index (χ1v) is 7.72. The lowest BCUT2D eigenvalue weighted by Gasteiger charge is -2.35. The summed E-state index contributed by atoms with van der Waals surface area (Å²) in [7, 11) is 0. The normalized spacial score (nSPS) is 26.9. The van der Waals surface area contributed by atoms with E-state index in [9.17, 15) is 9.90 Å².